The van der Waals surface area contributed by atoms with Crippen molar-refractivity contribution in [3.63, 3.8) is 0 Å². The molecule has 0 bridgehead atoms. The van der Waals surface area contributed by atoms with Gasteiger partial charge in [0.05, 0.1) is 6.10 Å². The first-order chi connectivity index (χ1) is 15.5. The fourth-order valence-corrected chi connectivity index (χ4v) is 4.79. The summed E-state index contributed by atoms with van der Waals surface area (Å²) in [6.07, 6.45) is 5.27. The van der Waals surface area contributed by atoms with Crippen LogP contribution in [0.1, 0.15) is 37.1 Å². The molecule has 32 heavy (non-hydrogen) atoms. The van der Waals surface area contributed by atoms with E-state index in [0.717, 1.165) is 50.5 Å². The SMILES string of the molecule is Cc1nccc(N2CC[C@@H](O)[C@]3(CCCN(C(=O)CCc4ccccc4)C3)C2)n1.O=CO. The van der Waals surface area contributed by atoms with Crippen molar-refractivity contribution in [2.24, 2.45) is 5.41 Å². The summed E-state index contributed by atoms with van der Waals surface area (Å²) >= 11 is 0. The molecule has 1 aromatic heterocycles. The van der Waals surface area contributed by atoms with Gasteiger partial charge in [0.2, 0.25) is 5.91 Å². The highest BCUT2D eigenvalue weighted by Gasteiger charge is 2.46. The lowest BCUT2D eigenvalue weighted by Gasteiger charge is -2.51. The Hall–Kier alpha value is -3.00. The van der Waals surface area contributed by atoms with Gasteiger partial charge in [-0.1, -0.05) is 30.3 Å². The summed E-state index contributed by atoms with van der Waals surface area (Å²) in [7, 11) is 0. The number of carbonyl (C=O) groups is 2. The van der Waals surface area contributed by atoms with Crippen LogP contribution in [0.4, 0.5) is 5.82 Å². The number of piperidine rings is 2. The maximum Gasteiger partial charge on any atom is 0.290 e. The van der Waals surface area contributed by atoms with Crippen LogP contribution < -0.4 is 4.90 Å². The van der Waals surface area contributed by atoms with Crippen LogP contribution in [-0.2, 0) is 16.0 Å². The fraction of sp³-hybridized carbons (Fsp3) is 0.500. The van der Waals surface area contributed by atoms with Crippen molar-refractivity contribution >= 4 is 18.2 Å². The minimum absolute atomic E-state index is 0.190. The second-order valence-corrected chi connectivity index (χ2v) is 8.56. The first-order valence-electron chi connectivity index (χ1n) is 11.1. The second-order valence-electron chi connectivity index (χ2n) is 8.56. The van der Waals surface area contributed by atoms with E-state index in [4.69, 9.17) is 9.90 Å². The molecule has 8 nitrogen and oxygen atoms in total. The maximum atomic E-state index is 12.9. The van der Waals surface area contributed by atoms with Crippen LogP contribution in [0.25, 0.3) is 0 Å². The van der Waals surface area contributed by atoms with Crippen molar-refractivity contribution in [2.45, 2.75) is 45.1 Å². The number of anilines is 1. The van der Waals surface area contributed by atoms with E-state index >= 15 is 0 Å². The van der Waals surface area contributed by atoms with Gasteiger partial charge in [0.15, 0.2) is 0 Å². The quantitative estimate of drug-likeness (QED) is 0.703. The summed E-state index contributed by atoms with van der Waals surface area (Å²) in [6.45, 7) is 4.57. The first-order valence-corrected chi connectivity index (χ1v) is 11.1. The van der Waals surface area contributed by atoms with Crippen molar-refractivity contribution in [1.29, 1.82) is 0 Å². The standard InChI is InChI=1S/C23H30N4O2.CH2O2/c1-18-24-13-10-21(25-18)26-15-11-20(28)23(16-26)12-5-14-27(17-23)22(29)9-8-19-6-3-2-4-7-19;2-1-3/h2-4,6-7,10,13,20,28H,5,8-9,11-12,14-17H2,1H3;1H,(H,2,3)/t20-,23-;/m1./s1. The maximum absolute atomic E-state index is 12.9. The summed E-state index contributed by atoms with van der Waals surface area (Å²) < 4.78 is 0. The lowest BCUT2D eigenvalue weighted by Crippen LogP contribution is -2.60. The highest BCUT2D eigenvalue weighted by Crippen LogP contribution is 2.40. The van der Waals surface area contributed by atoms with Gasteiger partial charge in [-0.15, -0.1) is 0 Å². The van der Waals surface area contributed by atoms with E-state index in [9.17, 15) is 9.90 Å². The molecule has 2 aliphatic rings. The molecule has 0 unspecified atom stereocenters. The van der Waals surface area contributed by atoms with E-state index in [1.807, 2.05) is 36.1 Å². The van der Waals surface area contributed by atoms with Crippen molar-refractivity contribution in [2.75, 3.05) is 31.1 Å². The zero-order chi connectivity index (χ0) is 23.0. The lowest BCUT2D eigenvalue weighted by atomic mass is 9.71. The summed E-state index contributed by atoms with van der Waals surface area (Å²) in [4.78, 5) is 34.3. The van der Waals surface area contributed by atoms with Crippen LogP contribution in [0.2, 0.25) is 0 Å². The van der Waals surface area contributed by atoms with Crippen LogP contribution in [0.3, 0.4) is 0 Å². The first kappa shape index (κ1) is 23.7. The van der Waals surface area contributed by atoms with E-state index < -0.39 is 0 Å². The number of carbonyl (C=O) groups excluding carboxylic acids is 1. The number of aromatic nitrogens is 2. The normalized spacial score (nSPS) is 22.8. The van der Waals surface area contributed by atoms with Gasteiger partial charge < -0.3 is 20.0 Å². The zero-order valence-corrected chi connectivity index (χ0v) is 18.6. The van der Waals surface area contributed by atoms with Crippen LogP contribution in [-0.4, -0.2) is 69.7 Å². The highest BCUT2D eigenvalue weighted by atomic mass is 16.3. The van der Waals surface area contributed by atoms with Crippen molar-refractivity contribution in [3.05, 3.63) is 54.0 Å². The third-order valence-electron chi connectivity index (χ3n) is 6.40. The minimum Gasteiger partial charge on any atom is -0.483 e. The monoisotopic (exact) mass is 440 g/mol. The van der Waals surface area contributed by atoms with E-state index in [2.05, 4.69) is 27.0 Å². The Morgan fingerprint density at radius 3 is 2.69 bits per heavy atom. The van der Waals surface area contributed by atoms with Crippen LogP contribution in [0.5, 0.6) is 0 Å². The molecule has 2 atom stereocenters. The Bertz CT molecular complexity index is 895. The number of aliphatic hydroxyl groups is 1. The molecule has 2 aromatic rings. The number of benzene rings is 1. The van der Waals surface area contributed by atoms with Gasteiger partial charge in [-0.3, -0.25) is 9.59 Å². The molecule has 0 radical (unpaired) electrons. The molecule has 1 amide bonds. The van der Waals surface area contributed by atoms with Crippen molar-refractivity contribution in [3.8, 4) is 0 Å². The number of aryl methyl sites for hydroxylation is 2. The van der Waals surface area contributed by atoms with Crippen molar-refractivity contribution < 1.29 is 19.8 Å². The molecule has 0 saturated carbocycles. The van der Waals surface area contributed by atoms with Gasteiger partial charge in [0.25, 0.3) is 6.47 Å². The van der Waals surface area contributed by atoms with Gasteiger partial charge in [0.1, 0.15) is 11.6 Å². The van der Waals surface area contributed by atoms with Crippen molar-refractivity contribution in [1.82, 2.24) is 14.9 Å². The molecular formula is C24H32N4O4. The average molecular weight is 441 g/mol. The molecule has 1 spiro atoms. The summed E-state index contributed by atoms with van der Waals surface area (Å²) in [5, 5.41) is 17.8. The number of rotatable bonds is 4. The summed E-state index contributed by atoms with van der Waals surface area (Å²) in [5.41, 5.74) is 0.910. The minimum atomic E-state index is -0.383. The van der Waals surface area contributed by atoms with Gasteiger partial charge in [0, 0.05) is 44.2 Å². The molecular weight excluding hydrogens is 408 g/mol. The number of carboxylic acid groups (broad SMARTS) is 1. The molecule has 2 saturated heterocycles. The van der Waals surface area contributed by atoms with E-state index in [1.165, 1.54) is 5.56 Å². The van der Waals surface area contributed by atoms with Gasteiger partial charge in [-0.05, 0) is 44.2 Å². The number of hydrogen-bond acceptors (Lipinski definition) is 6. The van der Waals surface area contributed by atoms with Crippen LogP contribution >= 0.6 is 0 Å². The molecule has 2 fully saturated rings. The molecule has 3 heterocycles. The Balaban J connectivity index is 0.000000913. The Kier molecular flexibility index (Phi) is 8.16. The van der Waals surface area contributed by atoms with Gasteiger partial charge in [-0.25, -0.2) is 9.97 Å². The Morgan fingerprint density at radius 1 is 1.22 bits per heavy atom. The molecule has 0 aliphatic carbocycles. The number of amides is 1. The van der Waals surface area contributed by atoms with Gasteiger partial charge in [-0.2, -0.15) is 0 Å². The predicted octanol–water partition coefficient (Wildman–Crippen LogP) is 2.30. The smallest absolute Gasteiger partial charge is 0.290 e. The fourth-order valence-electron chi connectivity index (χ4n) is 4.79. The van der Waals surface area contributed by atoms with Crippen LogP contribution in [0, 0.1) is 12.3 Å². The second kappa shape index (κ2) is 11.0. The van der Waals surface area contributed by atoms with E-state index in [0.29, 0.717) is 19.4 Å². The topological polar surface area (TPSA) is 107 Å². The number of aliphatic hydroxyl groups excluding tert-OH is 1. The average Bonchev–Trinajstić information content (AvgIpc) is 2.81. The molecule has 2 aliphatic heterocycles. The van der Waals surface area contributed by atoms with Crippen LogP contribution in [0.15, 0.2) is 42.6 Å². The number of likely N-dealkylation sites (tertiary alicyclic amines) is 1. The largest absolute Gasteiger partial charge is 0.483 e. The lowest BCUT2D eigenvalue weighted by molar-refractivity contribution is -0.138. The zero-order valence-electron chi connectivity index (χ0n) is 18.6. The molecule has 172 valence electrons. The molecule has 8 heteroatoms. The third-order valence-corrected chi connectivity index (χ3v) is 6.40. The predicted molar refractivity (Wildman–Crippen MR) is 121 cm³/mol. The summed E-state index contributed by atoms with van der Waals surface area (Å²) in [6, 6.07) is 12.1. The number of hydrogen-bond donors (Lipinski definition) is 2. The summed E-state index contributed by atoms with van der Waals surface area (Å²) in [5.74, 6) is 1.86. The molecule has 1 aromatic carbocycles. The Morgan fingerprint density at radius 2 is 1.97 bits per heavy atom. The highest BCUT2D eigenvalue weighted by molar-refractivity contribution is 5.76. The Labute approximate surface area is 188 Å². The third kappa shape index (κ3) is 5.82. The molecule has 2 N–H and O–H groups in total. The van der Waals surface area contributed by atoms with E-state index in [1.54, 1.807) is 6.20 Å². The number of nitrogens with zero attached hydrogens (tertiary/aromatic N) is 4. The molecule has 4 rings (SSSR count). The van der Waals surface area contributed by atoms with Gasteiger partial charge >= 0.3 is 0 Å². The van der Waals surface area contributed by atoms with E-state index in [-0.39, 0.29) is 23.9 Å².